The zero-order chi connectivity index (χ0) is 17.6. The molecule has 0 saturated heterocycles. The van der Waals surface area contributed by atoms with Crippen LogP contribution in [0.25, 0.3) is 5.57 Å². The molecule has 0 aliphatic rings. The lowest BCUT2D eigenvalue weighted by molar-refractivity contribution is -0.117. The van der Waals surface area contributed by atoms with Gasteiger partial charge in [-0.05, 0) is 37.0 Å². The van der Waals surface area contributed by atoms with Gasteiger partial charge in [-0.1, -0.05) is 30.7 Å². The zero-order valence-electron chi connectivity index (χ0n) is 12.8. The van der Waals surface area contributed by atoms with Crippen LogP contribution in [0.15, 0.2) is 30.3 Å². The van der Waals surface area contributed by atoms with Crippen molar-refractivity contribution in [3.8, 4) is 0 Å². The number of benzene rings is 1. The summed E-state index contributed by atoms with van der Waals surface area (Å²) in [7, 11) is 0. The van der Waals surface area contributed by atoms with Crippen molar-refractivity contribution in [3.63, 3.8) is 0 Å². The third kappa shape index (κ3) is 7.05. The van der Waals surface area contributed by atoms with Crippen LogP contribution in [-0.2, 0) is 4.79 Å². The van der Waals surface area contributed by atoms with Gasteiger partial charge in [-0.15, -0.1) is 0 Å². The second kappa shape index (κ2) is 8.36. The van der Waals surface area contributed by atoms with Gasteiger partial charge in [0.1, 0.15) is 0 Å². The fraction of sp³-hybridized carbons (Fsp3) is 0.438. The molecule has 3 nitrogen and oxygen atoms in total. The highest BCUT2D eigenvalue weighted by Gasteiger charge is 2.35. The maximum absolute atomic E-state index is 13.1. The largest absolute Gasteiger partial charge is 0.417 e. The van der Waals surface area contributed by atoms with E-state index in [1.54, 1.807) is 13.8 Å². The monoisotopic (exact) mass is 349 g/mol. The third-order valence-electron chi connectivity index (χ3n) is 3.10. The number of allylic oxidation sites excluding steroid dienone is 1. The van der Waals surface area contributed by atoms with Crippen molar-refractivity contribution < 1.29 is 23.1 Å². The number of hydrogen-bond donors (Lipinski definition) is 2. The van der Waals surface area contributed by atoms with Gasteiger partial charge in [0.2, 0.25) is 5.91 Å². The van der Waals surface area contributed by atoms with Gasteiger partial charge < -0.3 is 10.4 Å². The first-order chi connectivity index (χ1) is 10.6. The molecule has 23 heavy (non-hydrogen) atoms. The smallest absolute Gasteiger partial charge is 0.393 e. The Hall–Kier alpha value is -1.53. The molecule has 2 atom stereocenters. The first-order valence-corrected chi connectivity index (χ1v) is 7.48. The van der Waals surface area contributed by atoms with E-state index in [0.717, 1.165) is 0 Å². The second-order valence-electron chi connectivity index (χ2n) is 5.50. The van der Waals surface area contributed by atoms with Gasteiger partial charge in [0, 0.05) is 17.6 Å². The SMILES string of the molecule is CC(O)CC(C)CNC(=O)/C=C(/c1ccc(Cl)cc1)C(F)(F)F. The van der Waals surface area contributed by atoms with Crippen LogP contribution in [0.1, 0.15) is 25.8 Å². The molecular weight excluding hydrogens is 331 g/mol. The quantitative estimate of drug-likeness (QED) is 0.767. The highest BCUT2D eigenvalue weighted by Crippen LogP contribution is 2.34. The summed E-state index contributed by atoms with van der Waals surface area (Å²) in [6.45, 7) is 3.59. The molecule has 0 fully saturated rings. The molecule has 0 aliphatic heterocycles. The van der Waals surface area contributed by atoms with Crippen LogP contribution in [0, 0.1) is 5.92 Å². The van der Waals surface area contributed by atoms with Crippen molar-refractivity contribution in [3.05, 3.63) is 40.9 Å². The average molecular weight is 350 g/mol. The average Bonchev–Trinajstić information content (AvgIpc) is 2.42. The summed E-state index contributed by atoms with van der Waals surface area (Å²) >= 11 is 5.66. The molecule has 0 saturated carbocycles. The molecule has 0 spiro atoms. The Balaban J connectivity index is 2.85. The molecule has 2 unspecified atom stereocenters. The van der Waals surface area contributed by atoms with Crippen molar-refractivity contribution in [1.82, 2.24) is 5.32 Å². The Kier molecular flexibility index (Phi) is 7.09. The fourth-order valence-electron chi connectivity index (χ4n) is 2.08. The molecule has 1 aromatic rings. The van der Waals surface area contributed by atoms with E-state index in [-0.39, 0.29) is 18.0 Å². The molecule has 128 valence electrons. The number of hydrogen-bond acceptors (Lipinski definition) is 2. The molecule has 0 aliphatic carbocycles. The second-order valence-corrected chi connectivity index (χ2v) is 5.93. The highest BCUT2D eigenvalue weighted by atomic mass is 35.5. The number of carbonyl (C=O) groups is 1. The van der Waals surface area contributed by atoms with E-state index < -0.39 is 23.8 Å². The Morgan fingerprint density at radius 2 is 1.87 bits per heavy atom. The first-order valence-electron chi connectivity index (χ1n) is 7.10. The molecule has 0 bridgehead atoms. The van der Waals surface area contributed by atoms with Crippen molar-refractivity contribution >= 4 is 23.1 Å². The maximum atomic E-state index is 13.1. The minimum atomic E-state index is -4.66. The summed E-state index contributed by atoms with van der Waals surface area (Å²) in [5, 5.41) is 12.0. The Morgan fingerprint density at radius 1 is 1.30 bits per heavy atom. The number of nitrogens with one attached hydrogen (secondary N) is 1. The van der Waals surface area contributed by atoms with Gasteiger partial charge in [0.15, 0.2) is 0 Å². The van der Waals surface area contributed by atoms with Gasteiger partial charge in [0.05, 0.1) is 11.7 Å². The Labute approximate surface area is 138 Å². The molecule has 0 aromatic heterocycles. The Bertz CT molecular complexity index is 553. The topological polar surface area (TPSA) is 49.3 Å². The molecular formula is C16H19ClF3NO2. The number of alkyl halides is 3. The highest BCUT2D eigenvalue weighted by molar-refractivity contribution is 6.30. The summed E-state index contributed by atoms with van der Waals surface area (Å²) in [4.78, 5) is 11.8. The Morgan fingerprint density at radius 3 is 2.35 bits per heavy atom. The fourth-order valence-corrected chi connectivity index (χ4v) is 2.21. The van der Waals surface area contributed by atoms with Crippen molar-refractivity contribution in [1.29, 1.82) is 0 Å². The zero-order valence-corrected chi connectivity index (χ0v) is 13.6. The molecule has 7 heteroatoms. The molecule has 1 amide bonds. The minimum absolute atomic E-state index is 0.0442. The lowest BCUT2D eigenvalue weighted by Gasteiger charge is -2.15. The number of rotatable bonds is 6. The normalized spacial score (nSPS) is 15.2. The predicted molar refractivity (Wildman–Crippen MR) is 84.0 cm³/mol. The van der Waals surface area contributed by atoms with E-state index in [0.29, 0.717) is 17.5 Å². The van der Waals surface area contributed by atoms with E-state index in [2.05, 4.69) is 5.32 Å². The summed E-state index contributed by atoms with van der Waals surface area (Å²) in [6.07, 6.45) is -4.19. The molecule has 1 rings (SSSR count). The molecule has 0 radical (unpaired) electrons. The maximum Gasteiger partial charge on any atom is 0.417 e. The summed E-state index contributed by atoms with van der Waals surface area (Å²) < 4.78 is 39.4. The van der Waals surface area contributed by atoms with E-state index in [4.69, 9.17) is 11.6 Å². The van der Waals surface area contributed by atoms with Gasteiger partial charge in [-0.2, -0.15) is 13.2 Å². The summed E-state index contributed by atoms with van der Waals surface area (Å²) in [5.41, 5.74) is -1.16. The number of carbonyl (C=O) groups excluding carboxylic acids is 1. The van der Waals surface area contributed by atoms with Crippen molar-refractivity contribution in [2.45, 2.75) is 32.5 Å². The van der Waals surface area contributed by atoms with Gasteiger partial charge in [0.25, 0.3) is 0 Å². The number of aliphatic hydroxyl groups excluding tert-OH is 1. The third-order valence-corrected chi connectivity index (χ3v) is 3.36. The van der Waals surface area contributed by atoms with E-state index in [9.17, 15) is 23.1 Å². The standard InChI is InChI=1S/C16H19ClF3NO2/c1-10(7-11(2)22)9-21-15(23)8-14(16(18,19)20)12-3-5-13(17)6-4-12/h3-6,8,10-11,22H,7,9H2,1-2H3,(H,21,23)/b14-8-. The number of halogens is 4. The minimum Gasteiger partial charge on any atom is -0.393 e. The van der Waals surface area contributed by atoms with Gasteiger partial charge >= 0.3 is 6.18 Å². The summed E-state index contributed by atoms with van der Waals surface area (Å²) in [5.74, 6) is -0.873. The molecule has 2 N–H and O–H groups in total. The molecule has 1 aromatic carbocycles. The van der Waals surface area contributed by atoms with Crippen LogP contribution in [0.5, 0.6) is 0 Å². The van der Waals surface area contributed by atoms with Crippen LogP contribution < -0.4 is 5.32 Å². The van der Waals surface area contributed by atoms with Crippen molar-refractivity contribution in [2.24, 2.45) is 5.92 Å². The van der Waals surface area contributed by atoms with Gasteiger partial charge in [-0.3, -0.25) is 4.79 Å². The lowest BCUT2D eigenvalue weighted by atomic mass is 10.0. The van der Waals surface area contributed by atoms with E-state index >= 15 is 0 Å². The van der Waals surface area contributed by atoms with Crippen LogP contribution in [0.2, 0.25) is 5.02 Å². The van der Waals surface area contributed by atoms with Gasteiger partial charge in [-0.25, -0.2) is 0 Å². The number of amides is 1. The van der Waals surface area contributed by atoms with Crippen LogP contribution in [0.4, 0.5) is 13.2 Å². The van der Waals surface area contributed by atoms with E-state index in [1.165, 1.54) is 24.3 Å². The van der Waals surface area contributed by atoms with Crippen LogP contribution >= 0.6 is 11.6 Å². The van der Waals surface area contributed by atoms with Crippen LogP contribution in [-0.4, -0.2) is 29.8 Å². The van der Waals surface area contributed by atoms with Crippen molar-refractivity contribution in [2.75, 3.05) is 6.54 Å². The summed E-state index contributed by atoms with van der Waals surface area (Å²) in [6, 6.07) is 5.09. The number of aliphatic hydroxyl groups is 1. The van der Waals surface area contributed by atoms with Crippen LogP contribution in [0.3, 0.4) is 0 Å². The molecule has 0 heterocycles. The lowest BCUT2D eigenvalue weighted by Crippen LogP contribution is -2.29. The van der Waals surface area contributed by atoms with E-state index in [1.807, 2.05) is 0 Å². The predicted octanol–water partition coefficient (Wildman–Crippen LogP) is 3.81. The first kappa shape index (κ1) is 19.5.